The minimum absolute atomic E-state index is 0.246. The molecule has 132 valence electrons. The predicted molar refractivity (Wildman–Crippen MR) is 110 cm³/mol. The average Bonchev–Trinajstić information content (AvgIpc) is 2.67. The van der Waals surface area contributed by atoms with Gasteiger partial charge in [0.1, 0.15) is 18.5 Å². The second kappa shape index (κ2) is 7.74. The standard InChI is InChI=1S/C21H18BrNO2S/c22-15-9-11-17(12-10-15)25-14-16(24)13-23-18-5-1-3-7-20(18)26-21-8-4-2-6-19(21)23/h1-12,16,24H,13-14H2. The van der Waals surface area contributed by atoms with Crippen molar-refractivity contribution >= 4 is 39.1 Å². The molecule has 5 heteroatoms. The first-order valence-corrected chi connectivity index (χ1v) is 10.0. The van der Waals surface area contributed by atoms with Crippen molar-refractivity contribution in [2.45, 2.75) is 15.9 Å². The Balaban J connectivity index is 1.51. The van der Waals surface area contributed by atoms with Crippen LogP contribution < -0.4 is 9.64 Å². The maximum Gasteiger partial charge on any atom is 0.119 e. The van der Waals surface area contributed by atoms with Crippen molar-refractivity contribution in [1.29, 1.82) is 0 Å². The molecule has 0 fully saturated rings. The molecule has 0 amide bonds. The van der Waals surface area contributed by atoms with Gasteiger partial charge in [0, 0.05) is 14.3 Å². The van der Waals surface area contributed by atoms with Crippen LogP contribution in [0.3, 0.4) is 0 Å². The fourth-order valence-electron chi connectivity index (χ4n) is 2.96. The molecular weight excluding hydrogens is 410 g/mol. The molecule has 3 aromatic rings. The molecule has 3 nitrogen and oxygen atoms in total. The maximum atomic E-state index is 10.6. The molecule has 26 heavy (non-hydrogen) atoms. The zero-order chi connectivity index (χ0) is 17.9. The zero-order valence-corrected chi connectivity index (χ0v) is 16.4. The van der Waals surface area contributed by atoms with Crippen LogP contribution in [0.25, 0.3) is 0 Å². The van der Waals surface area contributed by atoms with E-state index in [0.29, 0.717) is 6.54 Å². The van der Waals surface area contributed by atoms with Gasteiger partial charge in [-0.25, -0.2) is 0 Å². The van der Waals surface area contributed by atoms with Crippen LogP contribution in [0.2, 0.25) is 0 Å². The lowest BCUT2D eigenvalue weighted by Gasteiger charge is -2.34. The Labute approximate surface area is 165 Å². The quantitative estimate of drug-likeness (QED) is 0.583. The second-order valence-corrected chi connectivity index (χ2v) is 8.07. The first-order valence-electron chi connectivity index (χ1n) is 8.40. The summed E-state index contributed by atoms with van der Waals surface area (Å²) in [5.74, 6) is 0.752. The molecule has 1 atom stereocenters. The number of para-hydroxylation sites is 2. The lowest BCUT2D eigenvalue weighted by atomic mass is 10.2. The number of nitrogens with zero attached hydrogens (tertiary/aromatic N) is 1. The van der Waals surface area contributed by atoms with Crippen molar-refractivity contribution in [2.75, 3.05) is 18.1 Å². The Bertz CT molecular complexity index is 855. The molecule has 0 saturated heterocycles. The Hall–Kier alpha value is -1.95. The number of fused-ring (bicyclic) bond motifs is 2. The second-order valence-electron chi connectivity index (χ2n) is 6.07. The highest BCUT2D eigenvalue weighted by Crippen LogP contribution is 2.47. The lowest BCUT2D eigenvalue weighted by molar-refractivity contribution is 0.114. The van der Waals surface area contributed by atoms with Gasteiger partial charge in [-0.2, -0.15) is 0 Å². The molecule has 0 radical (unpaired) electrons. The van der Waals surface area contributed by atoms with Crippen molar-refractivity contribution < 1.29 is 9.84 Å². The summed E-state index contributed by atoms with van der Waals surface area (Å²) in [6.45, 7) is 0.723. The highest BCUT2D eigenvalue weighted by molar-refractivity contribution is 9.10. The van der Waals surface area contributed by atoms with Crippen molar-refractivity contribution in [3.05, 3.63) is 77.3 Å². The summed E-state index contributed by atoms with van der Waals surface area (Å²) in [6.07, 6.45) is -0.608. The number of benzene rings is 3. The summed E-state index contributed by atoms with van der Waals surface area (Å²) in [4.78, 5) is 4.58. The van der Waals surface area contributed by atoms with Gasteiger partial charge in [0.2, 0.25) is 0 Å². The van der Waals surface area contributed by atoms with Gasteiger partial charge in [0.25, 0.3) is 0 Å². The first-order chi connectivity index (χ1) is 12.7. The van der Waals surface area contributed by atoms with Crippen molar-refractivity contribution in [2.24, 2.45) is 0 Å². The van der Waals surface area contributed by atoms with Crippen LogP contribution in [0.5, 0.6) is 5.75 Å². The minimum atomic E-state index is -0.608. The summed E-state index contributed by atoms with van der Waals surface area (Å²) in [7, 11) is 0. The van der Waals surface area contributed by atoms with Gasteiger partial charge in [-0.05, 0) is 48.5 Å². The van der Waals surface area contributed by atoms with Gasteiger partial charge in [0.15, 0.2) is 0 Å². The van der Waals surface area contributed by atoms with Crippen molar-refractivity contribution in [3.63, 3.8) is 0 Å². The number of aliphatic hydroxyl groups excluding tert-OH is 1. The van der Waals surface area contributed by atoms with Crippen LogP contribution in [0.1, 0.15) is 0 Å². The van der Waals surface area contributed by atoms with E-state index >= 15 is 0 Å². The van der Waals surface area contributed by atoms with Crippen molar-refractivity contribution in [1.82, 2.24) is 0 Å². The number of halogens is 1. The van der Waals surface area contributed by atoms with Gasteiger partial charge in [-0.15, -0.1) is 0 Å². The van der Waals surface area contributed by atoms with Crippen LogP contribution in [-0.2, 0) is 0 Å². The number of anilines is 2. The van der Waals surface area contributed by atoms with E-state index in [-0.39, 0.29) is 6.61 Å². The maximum absolute atomic E-state index is 10.6. The van der Waals surface area contributed by atoms with E-state index in [2.05, 4.69) is 45.1 Å². The third kappa shape index (κ3) is 3.75. The van der Waals surface area contributed by atoms with E-state index in [1.807, 2.05) is 48.5 Å². The average molecular weight is 428 g/mol. The number of β-amino-alcohol motifs (C(OH)–C–C–N with tert-alkyl or cyclic N) is 1. The van der Waals surface area contributed by atoms with Crippen LogP contribution >= 0.6 is 27.7 Å². The van der Waals surface area contributed by atoms with Gasteiger partial charge in [-0.3, -0.25) is 0 Å². The van der Waals surface area contributed by atoms with Crippen molar-refractivity contribution in [3.8, 4) is 5.75 Å². The largest absolute Gasteiger partial charge is 0.491 e. The minimum Gasteiger partial charge on any atom is -0.491 e. The molecule has 4 rings (SSSR count). The molecule has 0 spiro atoms. The molecule has 0 bridgehead atoms. The van der Waals surface area contributed by atoms with E-state index in [4.69, 9.17) is 4.74 Å². The van der Waals surface area contributed by atoms with Gasteiger partial charge in [0.05, 0.1) is 17.9 Å². The zero-order valence-electron chi connectivity index (χ0n) is 14.0. The molecule has 3 aromatic carbocycles. The molecule has 1 N–H and O–H groups in total. The molecule has 1 unspecified atom stereocenters. The van der Waals surface area contributed by atoms with E-state index in [0.717, 1.165) is 21.6 Å². The highest BCUT2D eigenvalue weighted by Gasteiger charge is 2.24. The lowest BCUT2D eigenvalue weighted by Crippen LogP contribution is -2.34. The number of hydrogen-bond donors (Lipinski definition) is 1. The van der Waals surface area contributed by atoms with E-state index in [9.17, 15) is 5.11 Å². The van der Waals surface area contributed by atoms with Gasteiger partial charge >= 0.3 is 0 Å². The Kier molecular flexibility index (Phi) is 5.20. The van der Waals surface area contributed by atoms with E-state index in [1.165, 1.54) is 9.79 Å². The van der Waals surface area contributed by atoms with Gasteiger partial charge < -0.3 is 14.7 Å². The van der Waals surface area contributed by atoms with E-state index < -0.39 is 6.10 Å². The molecule has 1 aliphatic heterocycles. The summed E-state index contributed by atoms with van der Waals surface area (Å²) in [5.41, 5.74) is 2.25. The molecular formula is C21H18BrNO2S. The monoisotopic (exact) mass is 427 g/mol. The third-order valence-corrected chi connectivity index (χ3v) is 5.84. The topological polar surface area (TPSA) is 32.7 Å². The number of aliphatic hydroxyl groups is 1. The highest BCUT2D eigenvalue weighted by atomic mass is 79.9. The summed E-state index contributed by atoms with van der Waals surface area (Å²) < 4.78 is 6.74. The fraction of sp³-hybridized carbons (Fsp3) is 0.143. The molecule has 1 aliphatic rings. The Morgan fingerprint density at radius 2 is 1.46 bits per heavy atom. The summed E-state index contributed by atoms with van der Waals surface area (Å²) in [6, 6.07) is 24.2. The predicted octanol–water partition coefficient (Wildman–Crippen LogP) is 5.49. The molecule has 0 saturated carbocycles. The van der Waals surface area contributed by atoms with Gasteiger partial charge in [-0.1, -0.05) is 52.0 Å². The Morgan fingerprint density at radius 1 is 0.885 bits per heavy atom. The number of rotatable bonds is 5. The number of ether oxygens (including phenoxy) is 1. The molecule has 1 heterocycles. The van der Waals surface area contributed by atoms with Crippen LogP contribution in [-0.4, -0.2) is 24.4 Å². The van der Waals surface area contributed by atoms with Crippen LogP contribution in [0.4, 0.5) is 11.4 Å². The van der Waals surface area contributed by atoms with Crippen LogP contribution in [0.15, 0.2) is 87.1 Å². The Morgan fingerprint density at radius 3 is 2.08 bits per heavy atom. The smallest absolute Gasteiger partial charge is 0.119 e. The number of hydrogen-bond acceptors (Lipinski definition) is 4. The van der Waals surface area contributed by atoms with E-state index in [1.54, 1.807) is 11.8 Å². The SMILES string of the molecule is OC(COc1ccc(Br)cc1)CN1c2ccccc2Sc2ccccc21. The summed E-state index contributed by atoms with van der Waals surface area (Å²) >= 11 is 5.17. The molecule has 0 aliphatic carbocycles. The third-order valence-electron chi connectivity index (χ3n) is 4.18. The van der Waals surface area contributed by atoms with Crippen LogP contribution in [0, 0.1) is 0 Å². The first kappa shape index (κ1) is 17.5. The fourth-order valence-corrected chi connectivity index (χ4v) is 4.32. The molecule has 0 aromatic heterocycles. The summed E-state index contributed by atoms with van der Waals surface area (Å²) in [5, 5.41) is 10.6. The normalized spacial score (nSPS) is 13.7.